The van der Waals surface area contributed by atoms with Crippen molar-refractivity contribution in [3.8, 4) is 12.3 Å². The molecule has 0 fully saturated rings. The summed E-state index contributed by atoms with van der Waals surface area (Å²) in [4.78, 5) is 0.252. The van der Waals surface area contributed by atoms with Crippen molar-refractivity contribution >= 4 is 10.0 Å². The van der Waals surface area contributed by atoms with Crippen molar-refractivity contribution in [3.05, 3.63) is 29.8 Å². The second-order valence-corrected chi connectivity index (χ2v) is 5.19. The number of hydrogen-bond donors (Lipinski definition) is 1. The average Bonchev–Trinajstić information content (AvgIpc) is 2.28. The number of benzene rings is 1. The Hall–Kier alpha value is -1.31. The third kappa shape index (κ3) is 3.37. The SMILES string of the molecule is C#CCNS(=O)(=O)c1ccc(CCC)cc1. The minimum Gasteiger partial charge on any atom is -0.207 e. The van der Waals surface area contributed by atoms with Crippen LogP contribution in [0.3, 0.4) is 0 Å². The van der Waals surface area contributed by atoms with E-state index >= 15 is 0 Å². The summed E-state index contributed by atoms with van der Waals surface area (Å²) in [6, 6.07) is 6.86. The molecule has 0 saturated heterocycles. The quantitative estimate of drug-likeness (QED) is 0.790. The molecular formula is C12H15NO2S. The van der Waals surface area contributed by atoms with Crippen molar-refractivity contribution in [3.63, 3.8) is 0 Å². The van der Waals surface area contributed by atoms with Crippen molar-refractivity contribution in [1.82, 2.24) is 4.72 Å². The first-order valence-corrected chi connectivity index (χ1v) is 6.60. The smallest absolute Gasteiger partial charge is 0.207 e. The predicted octanol–water partition coefficient (Wildman–Crippen LogP) is 1.55. The second kappa shape index (κ2) is 5.69. The molecule has 86 valence electrons. The van der Waals surface area contributed by atoms with Gasteiger partial charge in [-0.15, -0.1) is 6.42 Å². The molecule has 16 heavy (non-hydrogen) atoms. The number of aryl methyl sites for hydroxylation is 1. The maximum Gasteiger partial charge on any atom is 0.241 e. The Balaban J connectivity index is 2.85. The highest BCUT2D eigenvalue weighted by atomic mass is 32.2. The first kappa shape index (κ1) is 12.8. The predicted molar refractivity (Wildman–Crippen MR) is 64.5 cm³/mol. The number of rotatable bonds is 5. The van der Waals surface area contributed by atoms with E-state index < -0.39 is 10.0 Å². The first-order chi connectivity index (χ1) is 7.60. The van der Waals surface area contributed by atoms with Crippen molar-refractivity contribution < 1.29 is 8.42 Å². The number of nitrogens with one attached hydrogen (secondary N) is 1. The largest absolute Gasteiger partial charge is 0.241 e. The summed E-state index contributed by atoms with van der Waals surface area (Å²) in [6.07, 6.45) is 7.00. The molecule has 0 aliphatic rings. The van der Waals surface area contributed by atoms with Crippen molar-refractivity contribution in [2.24, 2.45) is 0 Å². The topological polar surface area (TPSA) is 46.2 Å². The van der Waals surface area contributed by atoms with Gasteiger partial charge < -0.3 is 0 Å². The van der Waals surface area contributed by atoms with Crippen LogP contribution >= 0.6 is 0 Å². The minimum absolute atomic E-state index is 0.0129. The molecule has 0 aliphatic heterocycles. The Labute approximate surface area is 96.9 Å². The van der Waals surface area contributed by atoms with Gasteiger partial charge in [-0.25, -0.2) is 8.42 Å². The monoisotopic (exact) mass is 237 g/mol. The van der Waals surface area contributed by atoms with E-state index in [0.29, 0.717) is 0 Å². The van der Waals surface area contributed by atoms with E-state index in [-0.39, 0.29) is 11.4 Å². The third-order valence-electron chi connectivity index (χ3n) is 2.14. The van der Waals surface area contributed by atoms with Crippen LogP contribution in [0.25, 0.3) is 0 Å². The summed E-state index contributed by atoms with van der Waals surface area (Å²) in [5, 5.41) is 0. The fourth-order valence-electron chi connectivity index (χ4n) is 1.34. The van der Waals surface area contributed by atoms with Crippen molar-refractivity contribution in [2.45, 2.75) is 24.7 Å². The zero-order chi connectivity index (χ0) is 12.0. The van der Waals surface area contributed by atoms with Gasteiger partial charge in [0.05, 0.1) is 11.4 Å². The van der Waals surface area contributed by atoms with E-state index in [1.807, 2.05) is 12.1 Å². The van der Waals surface area contributed by atoms with Gasteiger partial charge in [-0.05, 0) is 24.1 Å². The van der Waals surface area contributed by atoms with Crippen LogP contribution in [0.2, 0.25) is 0 Å². The van der Waals surface area contributed by atoms with E-state index in [0.717, 1.165) is 18.4 Å². The van der Waals surface area contributed by atoms with Gasteiger partial charge in [0.2, 0.25) is 10.0 Å². The Kier molecular flexibility index (Phi) is 4.53. The summed E-state index contributed by atoms with van der Waals surface area (Å²) < 4.78 is 25.6. The third-order valence-corrected chi connectivity index (χ3v) is 3.55. The molecule has 0 unspecified atom stereocenters. The van der Waals surface area contributed by atoms with E-state index in [4.69, 9.17) is 6.42 Å². The van der Waals surface area contributed by atoms with Crippen LogP contribution in [-0.4, -0.2) is 15.0 Å². The molecule has 1 rings (SSSR count). The summed E-state index contributed by atoms with van der Waals surface area (Å²) in [7, 11) is -3.45. The number of terminal acetylenes is 1. The van der Waals surface area contributed by atoms with Crippen LogP contribution in [0, 0.1) is 12.3 Å². The standard InChI is InChI=1S/C12H15NO2S/c1-3-5-11-6-8-12(9-7-11)16(14,15)13-10-4-2/h2,6-9,13H,3,5,10H2,1H3. The lowest BCUT2D eigenvalue weighted by atomic mass is 10.1. The molecule has 0 heterocycles. The van der Waals surface area contributed by atoms with Gasteiger partial charge in [-0.2, -0.15) is 4.72 Å². The maximum atomic E-state index is 11.7. The summed E-state index contributed by atoms with van der Waals surface area (Å²) in [6.45, 7) is 2.10. The lowest BCUT2D eigenvalue weighted by molar-refractivity contribution is 0.586. The lowest BCUT2D eigenvalue weighted by Gasteiger charge is -2.05. The number of sulfonamides is 1. The molecule has 1 aromatic carbocycles. The molecule has 3 nitrogen and oxygen atoms in total. The summed E-state index contributed by atoms with van der Waals surface area (Å²) >= 11 is 0. The highest BCUT2D eigenvalue weighted by Crippen LogP contribution is 2.11. The van der Waals surface area contributed by atoms with E-state index in [1.165, 1.54) is 0 Å². The van der Waals surface area contributed by atoms with Crippen LogP contribution < -0.4 is 4.72 Å². The molecule has 1 aromatic rings. The molecular weight excluding hydrogens is 222 g/mol. The first-order valence-electron chi connectivity index (χ1n) is 5.12. The van der Waals surface area contributed by atoms with Crippen molar-refractivity contribution in [1.29, 1.82) is 0 Å². The van der Waals surface area contributed by atoms with Crippen LogP contribution in [-0.2, 0) is 16.4 Å². The zero-order valence-corrected chi connectivity index (χ0v) is 10.0. The lowest BCUT2D eigenvalue weighted by Crippen LogP contribution is -2.23. The molecule has 0 spiro atoms. The molecule has 0 aliphatic carbocycles. The fraction of sp³-hybridized carbons (Fsp3) is 0.333. The molecule has 0 saturated carbocycles. The Morgan fingerprint density at radius 1 is 1.31 bits per heavy atom. The maximum absolute atomic E-state index is 11.7. The van der Waals surface area contributed by atoms with Gasteiger partial charge in [-0.3, -0.25) is 0 Å². The molecule has 1 N–H and O–H groups in total. The van der Waals surface area contributed by atoms with Gasteiger partial charge in [0, 0.05) is 0 Å². The molecule has 0 amide bonds. The zero-order valence-electron chi connectivity index (χ0n) is 9.23. The van der Waals surface area contributed by atoms with Gasteiger partial charge in [0.15, 0.2) is 0 Å². The normalized spacial score (nSPS) is 11.0. The molecule has 0 bridgehead atoms. The number of hydrogen-bond acceptors (Lipinski definition) is 2. The fourth-order valence-corrected chi connectivity index (χ4v) is 2.28. The van der Waals surface area contributed by atoms with Gasteiger partial charge in [0.1, 0.15) is 0 Å². The van der Waals surface area contributed by atoms with E-state index in [1.54, 1.807) is 12.1 Å². The highest BCUT2D eigenvalue weighted by Gasteiger charge is 2.11. The second-order valence-electron chi connectivity index (χ2n) is 3.42. The Morgan fingerprint density at radius 2 is 1.94 bits per heavy atom. The van der Waals surface area contributed by atoms with E-state index in [2.05, 4.69) is 17.6 Å². The van der Waals surface area contributed by atoms with E-state index in [9.17, 15) is 8.42 Å². The molecule has 0 aromatic heterocycles. The summed E-state index contributed by atoms with van der Waals surface area (Å²) in [5.74, 6) is 2.23. The Bertz CT molecular complexity index is 469. The minimum atomic E-state index is -3.45. The van der Waals surface area contributed by atoms with Crippen LogP contribution in [0.1, 0.15) is 18.9 Å². The average molecular weight is 237 g/mol. The van der Waals surface area contributed by atoms with Crippen molar-refractivity contribution in [2.75, 3.05) is 6.54 Å². The van der Waals surface area contributed by atoms with Gasteiger partial charge in [-0.1, -0.05) is 31.4 Å². The van der Waals surface area contributed by atoms with Gasteiger partial charge in [0.25, 0.3) is 0 Å². The van der Waals surface area contributed by atoms with Crippen LogP contribution in [0.15, 0.2) is 29.2 Å². The molecule has 0 radical (unpaired) electrons. The summed E-state index contributed by atoms with van der Waals surface area (Å²) in [5.41, 5.74) is 1.14. The van der Waals surface area contributed by atoms with Crippen LogP contribution in [0.4, 0.5) is 0 Å². The Morgan fingerprint density at radius 3 is 2.44 bits per heavy atom. The molecule has 4 heteroatoms. The molecule has 0 atom stereocenters. The van der Waals surface area contributed by atoms with Crippen LogP contribution in [0.5, 0.6) is 0 Å². The highest BCUT2D eigenvalue weighted by molar-refractivity contribution is 7.89. The van der Waals surface area contributed by atoms with Gasteiger partial charge >= 0.3 is 0 Å².